The van der Waals surface area contributed by atoms with Crippen molar-refractivity contribution in [2.75, 3.05) is 7.11 Å². The molecule has 10 nitrogen and oxygen atoms in total. The van der Waals surface area contributed by atoms with Crippen LogP contribution in [0.25, 0.3) is 0 Å². The van der Waals surface area contributed by atoms with Crippen LogP contribution < -0.4 is 16.4 Å². The van der Waals surface area contributed by atoms with Crippen LogP contribution in [0.5, 0.6) is 0 Å². The number of methoxy groups -OCH3 is 1. The van der Waals surface area contributed by atoms with E-state index >= 15 is 0 Å². The Morgan fingerprint density at radius 1 is 0.972 bits per heavy atom. The Bertz CT molecular complexity index is 924. The zero-order valence-electron chi connectivity index (χ0n) is 22.8. The summed E-state index contributed by atoms with van der Waals surface area (Å²) >= 11 is 0. The lowest BCUT2D eigenvalue weighted by Gasteiger charge is -2.40. The van der Waals surface area contributed by atoms with Crippen molar-refractivity contribution in [2.45, 2.75) is 89.9 Å². The van der Waals surface area contributed by atoms with Crippen molar-refractivity contribution in [3.05, 3.63) is 35.9 Å². The minimum absolute atomic E-state index is 0.128. The van der Waals surface area contributed by atoms with Gasteiger partial charge in [-0.25, -0.2) is 9.59 Å². The second-order valence-electron chi connectivity index (χ2n) is 11.1. The highest BCUT2D eigenvalue weighted by Crippen LogP contribution is 2.37. The van der Waals surface area contributed by atoms with Crippen molar-refractivity contribution in [3.63, 3.8) is 0 Å². The van der Waals surface area contributed by atoms with E-state index in [2.05, 4.69) is 10.6 Å². The number of esters is 1. The van der Waals surface area contributed by atoms with Gasteiger partial charge in [-0.05, 0) is 44.5 Å². The first-order valence-corrected chi connectivity index (χ1v) is 14.7. The van der Waals surface area contributed by atoms with Gasteiger partial charge in [0.2, 0.25) is 11.8 Å². The monoisotopic (exact) mass is 523 g/mol. The van der Waals surface area contributed by atoms with E-state index in [-0.39, 0.29) is 11.5 Å². The summed E-state index contributed by atoms with van der Waals surface area (Å²) in [5.41, 5.74) is 5.57. The maximum Gasteiger partial charge on any atom is 0.408 e. The number of ether oxygens (including phenoxy) is 2. The van der Waals surface area contributed by atoms with Crippen LogP contribution in [0.3, 0.4) is 0 Å². The molecule has 3 amide bonds. The van der Waals surface area contributed by atoms with E-state index < -0.39 is 56.0 Å². The van der Waals surface area contributed by atoms with Crippen LogP contribution in [0, 0.1) is 0 Å². The van der Waals surface area contributed by atoms with Gasteiger partial charge in [-0.15, -0.1) is 0 Å². The summed E-state index contributed by atoms with van der Waals surface area (Å²) < 4.78 is 16.3. The van der Waals surface area contributed by atoms with Crippen LogP contribution in [-0.2, 0) is 34.7 Å². The summed E-state index contributed by atoms with van der Waals surface area (Å²) in [6.07, 6.45) is -2.32. The smallest absolute Gasteiger partial charge is 0.408 e. The molecule has 0 spiro atoms. The highest BCUT2D eigenvalue weighted by molar-refractivity contribution is 6.74. The van der Waals surface area contributed by atoms with Crippen LogP contribution >= 0.6 is 0 Å². The van der Waals surface area contributed by atoms with Crippen molar-refractivity contribution < 1.29 is 33.1 Å². The minimum atomic E-state index is -2.63. The molecule has 0 saturated heterocycles. The summed E-state index contributed by atoms with van der Waals surface area (Å²) in [7, 11) is -1.43. The molecule has 3 atom stereocenters. The molecule has 202 valence electrons. The van der Waals surface area contributed by atoms with Gasteiger partial charge in [-0.1, -0.05) is 51.1 Å². The summed E-state index contributed by atoms with van der Waals surface area (Å²) in [6, 6.07) is 6.37. The first-order chi connectivity index (χ1) is 16.4. The number of nitrogens with two attached hydrogens (primary N) is 1. The quantitative estimate of drug-likeness (QED) is 0.316. The number of primary amides is 1. The van der Waals surface area contributed by atoms with E-state index in [1.54, 1.807) is 45.0 Å². The van der Waals surface area contributed by atoms with Crippen LogP contribution in [0.4, 0.5) is 4.79 Å². The lowest BCUT2D eigenvalue weighted by molar-refractivity contribution is -0.145. The van der Waals surface area contributed by atoms with E-state index in [1.165, 1.54) is 7.11 Å². The lowest BCUT2D eigenvalue weighted by atomic mass is 10.0. The number of nitrogens with one attached hydrogen (secondary N) is 2. The maximum atomic E-state index is 13.5. The summed E-state index contributed by atoms with van der Waals surface area (Å²) in [5.74, 6) is -2.47. The number of alkyl carbamates (subject to hydrolysis) is 1. The molecular weight excluding hydrogens is 482 g/mol. The molecule has 0 aliphatic heterocycles. The number of carbonyl (C=O) groups is 4. The van der Waals surface area contributed by atoms with Gasteiger partial charge < -0.3 is 30.3 Å². The Balaban J connectivity index is 3.36. The SMILES string of the molecule is COC(=O)[C@H](Cc1ccccc1)NC(=O)[C@@H](NC(=O)OC(C)(C)C)C(O[Si](C)(C)C(C)(C)C)C(N)=O. The highest BCUT2D eigenvalue weighted by Gasteiger charge is 2.45. The van der Waals surface area contributed by atoms with Crippen LogP contribution in [0.2, 0.25) is 18.1 Å². The zero-order chi connectivity index (χ0) is 27.9. The van der Waals surface area contributed by atoms with Gasteiger partial charge in [-0.2, -0.15) is 0 Å². The molecular formula is C25H41N3O7Si. The normalized spacial score (nSPS) is 14.7. The van der Waals surface area contributed by atoms with Crippen molar-refractivity contribution in [1.82, 2.24) is 10.6 Å². The van der Waals surface area contributed by atoms with Crippen LogP contribution in [0.1, 0.15) is 47.1 Å². The van der Waals surface area contributed by atoms with Gasteiger partial charge in [0.25, 0.3) is 0 Å². The summed E-state index contributed by atoms with van der Waals surface area (Å²) in [5, 5.41) is 4.69. The number of hydrogen-bond donors (Lipinski definition) is 3. The summed E-state index contributed by atoms with van der Waals surface area (Å²) in [4.78, 5) is 51.1. The van der Waals surface area contributed by atoms with E-state index in [0.717, 1.165) is 5.56 Å². The molecule has 0 bridgehead atoms. The fraction of sp³-hybridized carbons (Fsp3) is 0.600. The third-order valence-corrected chi connectivity index (χ3v) is 10.3. The number of benzene rings is 1. The number of carbonyl (C=O) groups excluding carboxylic acids is 4. The number of rotatable bonds is 10. The molecule has 0 fully saturated rings. The van der Waals surface area contributed by atoms with Crippen molar-refractivity contribution in [3.8, 4) is 0 Å². The minimum Gasteiger partial charge on any atom is -0.467 e. The van der Waals surface area contributed by atoms with E-state index in [0.29, 0.717) is 0 Å². The fourth-order valence-electron chi connectivity index (χ4n) is 2.94. The van der Waals surface area contributed by atoms with E-state index in [1.807, 2.05) is 39.9 Å². The molecule has 0 aliphatic carbocycles. The molecule has 36 heavy (non-hydrogen) atoms. The Hall–Kier alpha value is -2.92. The van der Waals surface area contributed by atoms with Crippen LogP contribution in [0.15, 0.2) is 30.3 Å². The summed E-state index contributed by atoms with van der Waals surface area (Å²) in [6.45, 7) is 14.6. The van der Waals surface area contributed by atoms with Gasteiger partial charge in [0.05, 0.1) is 7.11 Å². The number of hydrogen-bond acceptors (Lipinski definition) is 7. The standard InChI is InChI=1S/C25H41N3O7Si/c1-24(2,3)34-23(32)28-18(19(20(26)29)35-36(8,9)25(4,5)6)21(30)27-17(22(31)33-7)15-16-13-11-10-12-14-16/h10-14,17-19H,15H2,1-9H3,(H2,26,29)(H,27,30)(H,28,32)/t17-,18-,19?/m0/s1. The molecule has 4 N–H and O–H groups in total. The van der Waals surface area contributed by atoms with Gasteiger partial charge in [0.15, 0.2) is 14.4 Å². The second kappa shape index (κ2) is 12.4. The van der Waals surface area contributed by atoms with Crippen molar-refractivity contribution in [1.29, 1.82) is 0 Å². The molecule has 0 heterocycles. The highest BCUT2D eigenvalue weighted by atomic mass is 28.4. The molecule has 1 rings (SSSR count). The third kappa shape index (κ3) is 9.61. The Kier molecular flexibility index (Phi) is 10.7. The molecule has 0 aliphatic rings. The Morgan fingerprint density at radius 2 is 1.53 bits per heavy atom. The number of amides is 3. The van der Waals surface area contributed by atoms with Crippen molar-refractivity contribution in [2.24, 2.45) is 5.73 Å². The molecule has 1 aromatic carbocycles. The third-order valence-electron chi connectivity index (χ3n) is 5.85. The van der Waals surface area contributed by atoms with E-state index in [4.69, 9.17) is 19.6 Å². The predicted octanol–water partition coefficient (Wildman–Crippen LogP) is 2.66. The van der Waals surface area contributed by atoms with Gasteiger partial charge >= 0.3 is 12.1 Å². The molecule has 0 saturated carbocycles. The Labute approximate surface area is 214 Å². The fourth-order valence-corrected chi connectivity index (χ4v) is 4.19. The largest absolute Gasteiger partial charge is 0.467 e. The first-order valence-electron chi connectivity index (χ1n) is 11.8. The van der Waals surface area contributed by atoms with Gasteiger partial charge in [-0.3, -0.25) is 9.59 Å². The second-order valence-corrected chi connectivity index (χ2v) is 15.9. The zero-order valence-corrected chi connectivity index (χ0v) is 23.8. The van der Waals surface area contributed by atoms with Crippen LogP contribution in [-0.4, -0.2) is 63.1 Å². The topological polar surface area (TPSA) is 146 Å². The van der Waals surface area contributed by atoms with Crippen molar-refractivity contribution >= 4 is 32.2 Å². The first kappa shape index (κ1) is 31.1. The van der Waals surface area contributed by atoms with E-state index in [9.17, 15) is 19.2 Å². The molecule has 11 heteroatoms. The Morgan fingerprint density at radius 3 is 1.97 bits per heavy atom. The lowest BCUT2D eigenvalue weighted by Crippen LogP contribution is -2.63. The maximum absolute atomic E-state index is 13.5. The average Bonchev–Trinajstić information content (AvgIpc) is 2.73. The molecule has 1 aromatic rings. The van der Waals surface area contributed by atoms with Gasteiger partial charge in [0.1, 0.15) is 17.7 Å². The molecule has 0 radical (unpaired) electrons. The predicted molar refractivity (Wildman–Crippen MR) is 139 cm³/mol. The molecule has 1 unspecified atom stereocenters. The van der Waals surface area contributed by atoms with Gasteiger partial charge in [0, 0.05) is 6.42 Å². The average molecular weight is 524 g/mol. The molecule has 0 aromatic heterocycles.